The number of aliphatic hydroxyl groups excluding tert-OH is 3. The Bertz CT molecular complexity index is 1050. The molecule has 9 N–H and O–H groups in total. The minimum absolute atomic E-state index is 0.00693. The highest BCUT2D eigenvalue weighted by Gasteiger charge is 2.30. The van der Waals surface area contributed by atoms with Crippen LogP contribution in [0.3, 0.4) is 0 Å². The fraction of sp³-hybridized carbons (Fsp3) is 0.778. The van der Waals surface area contributed by atoms with Crippen molar-refractivity contribution in [1.29, 1.82) is 0 Å². The van der Waals surface area contributed by atoms with Crippen LogP contribution in [0, 0.1) is 15.6 Å². The Labute approximate surface area is 277 Å². The van der Waals surface area contributed by atoms with E-state index in [2.05, 4.69) is 31.9 Å². The molecule has 6 atom stereocenters. The van der Waals surface area contributed by atoms with Crippen molar-refractivity contribution in [2.75, 3.05) is 39.3 Å². The Morgan fingerprint density at radius 1 is 0.542 bits per heavy atom. The Morgan fingerprint density at radius 2 is 0.854 bits per heavy atom. The number of hydrogen-bond donors (Lipinski definition) is 9. The van der Waals surface area contributed by atoms with Crippen LogP contribution in [0.2, 0.25) is 0 Å². The van der Waals surface area contributed by atoms with Crippen molar-refractivity contribution < 1.29 is 44.1 Å². The fourth-order valence-corrected chi connectivity index (χ4v) is 4.28. The van der Waals surface area contributed by atoms with Crippen LogP contribution in [0.25, 0.3) is 0 Å². The first-order chi connectivity index (χ1) is 22.5. The molecule has 1 fully saturated rings. The van der Waals surface area contributed by atoms with Crippen LogP contribution in [-0.4, -0.2) is 142 Å². The quantitative estimate of drug-likeness (QED) is 0.0578. The maximum Gasteiger partial charge on any atom is 0.243 e. The summed E-state index contributed by atoms with van der Waals surface area (Å²) in [6.07, 6.45) is -4.49. The molecule has 0 radical (unpaired) electrons. The molecule has 6 amide bonds. The van der Waals surface area contributed by atoms with E-state index in [0.29, 0.717) is 15.2 Å². The highest BCUT2D eigenvalue weighted by atomic mass is 16.5. The molecule has 0 aromatic carbocycles. The van der Waals surface area contributed by atoms with Gasteiger partial charge < -0.3 is 78.0 Å². The van der Waals surface area contributed by atoms with Crippen LogP contribution in [0.4, 0.5) is 0 Å². The predicted molar refractivity (Wildman–Crippen MR) is 168 cm³/mol. The summed E-state index contributed by atoms with van der Waals surface area (Å²) in [7, 11) is 0. The van der Waals surface area contributed by atoms with Gasteiger partial charge in [0.05, 0.1) is 38.3 Å². The van der Waals surface area contributed by atoms with Gasteiger partial charge in [-0.15, -0.1) is 0 Å². The molecule has 1 heterocycles. The second-order valence-corrected chi connectivity index (χ2v) is 11.3. The number of carbonyl (C=O) groups is 6. The molecule has 0 aromatic heterocycles. The number of amides is 6. The number of aliphatic hydroxyl groups is 3. The SMILES string of the molecule is CC(O)N([O-])CCCC1NC(=O)CNC(=O)CNC(=O)CNC(=O)C(CCCN([O-])C(C)O)NC(=O)C(CCCN([O-])C(C)O)NC1=O. The lowest BCUT2D eigenvalue weighted by Gasteiger charge is -2.32. The summed E-state index contributed by atoms with van der Waals surface area (Å²) < 4.78 is 0. The van der Waals surface area contributed by atoms with Crippen molar-refractivity contribution in [3.8, 4) is 0 Å². The number of nitrogens with zero attached hydrogens (tertiary/aromatic N) is 3. The minimum atomic E-state index is -1.40. The third-order valence-corrected chi connectivity index (χ3v) is 7.10. The third-order valence-electron chi connectivity index (χ3n) is 7.10. The third kappa shape index (κ3) is 17.0. The molecule has 1 saturated heterocycles. The molecule has 276 valence electrons. The molecule has 0 saturated carbocycles. The van der Waals surface area contributed by atoms with E-state index in [1.54, 1.807) is 0 Å². The van der Waals surface area contributed by atoms with Gasteiger partial charge in [-0.2, -0.15) is 0 Å². The molecular weight excluding hydrogens is 642 g/mol. The number of hydroxylamine groups is 6. The van der Waals surface area contributed by atoms with Gasteiger partial charge in [-0.1, -0.05) is 0 Å². The largest absolute Gasteiger partial charge is 0.783 e. The molecule has 0 aliphatic carbocycles. The Hall–Kier alpha value is -3.54. The lowest BCUT2D eigenvalue weighted by atomic mass is 10.1. The molecule has 0 bridgehead atoms. The van der Waals surface area contributed by atoms with E-state index in [4.69, 9.17) is 0 Å². The van der Waals surface area contributed by atoms with Crippen LogP contribution in [0.5, 0.6) is 0 Å². The van der Waals surface area contributed by atoms with Crippen LogP contribution in [0.1, 0.15) is 59.3 Å². The van der Waals surface area contributed by atoms with Crippen LogP contribution in [-0.2, 0) is 28.8 Å². The first-order valence-electron chi connectivity index (χ1n) is 15.6. The monoisotopic (exact) mass is 690 g/mol. The fourth-order valence-electron chi connectivity index (χ4n) is 4.28. The van der Waals surface area contributed by atoms with Gasteiger partial charge in [0.15, 0.2) is 0 Å². The molecule has 48 heavy (non-hydrogen) atoms. The summed E-state index contributed by atoms with van der Waals surface area (Å²) in [6, 6.07) is -4.10. The molecule has 1 rings (SSSR count). The second kappa shape index (κ2) is 22.2. The zero-order valence-corrected chi connectivity index (χ0v) is 27.3. The summed E-state index contributed by atoms with van der Waals surface area (Å²) in [4.78, 5) is 77.0. The van der Waals surface area contributed by atoms with E-state index >= 15 is 0 Å². The second-order valence-electron chi connectivity index (χ2n) is 11.3. The van der Waals surface area contributed by atoms with Crippen LogP contribution < -0.4 is 31.9 Å². The first-order valence-corrected chi connectivity index (χ1v) is 15.6. The van der Waals surface area contributed by atoms with Gasteiger partial charge in [-0.3, -0.25) is 28.8 Å². The van der Waals surface area contributed by atoms with Crippen molar-refractivity contribution in [3.05, 3.63) is 15.6 Å². The van der Waals surface area contributed by atoms with E-state index in [-0.39, 0.29) is 58.2 Å². The highest BCUT2D eigenvalue weighted by molar-refractivity contribution is 5.96. The number of nitrogens with one attached hydrogen (secondary N) is 6. The molecule has 1 aliphatic heterocycles. The van der Waals surface area contributed by atoms with Gasteiger partial charge in [-0.25, -0.2) is 0 Å². The molecule has 21 nitrogen and oxygen atoms in total. The summed E-state index contributed by atoms with van der Waals surface area (Å²) in [6.45, 7) is 1.28. The van der Waals surface area contributed by atoms with Gasteiger partial charge in [0.2, 0.25) is 35.4 Å². The van der Waals surface area contributed by atoms with Gasteiger partial charge >= 0.3 is 0 Å². The van der Waals surface area contributed by atoms with Crippen molar-refractivity contribution in [2.24, 2.45) is 0 Å². The summed E-state index contributed by atoms with van der Waals surface area (Å²) in [5, 5.41) is 79.2. The van der Waals surface area contributed by atoms with E-state index in [9.17, 15) is 59.7 Å². The number of carbonyl (C=O) groups excluding carboxylic acids is 6. The summed E-state index contributed by atoms with van der Waals surface area (Å²) in [5.74, 6) is -4.97. The van der Waals surface area contributed by atoms with Gasteiger partial charge in [-0.05, 0) is 78.9 Å². The van der Waals surface area contributed by atoms with Crippen molar-refractivity contribution in [1.82, 2.24) is 47.1 Å². The first kappa shape index (κ1) is 42.5. The van der Waals surface area contributed by atoms with Gasteiger partial charge in [0.25, 0.3) is 0 Å². The average Bonchev–Trinajstić information content (AvgIpc) is 3.02. The van der Waals surface area contributed by atoms with Crippen LogP contribution >= 0.6 is 0 Å². The zero-order chi connectivity index (χ0) is 36.4. The zero-order valence-electron chi connectivity index (χ0n) is 27.3. The lowest BCUT2D eigenvalue weighted by molar-refractivity contribution is -0.134. The summed E-state index contributed by atoms with van der Waals surface area (Å²) in [5.41, 5.74) is 0. The van der Waals surface area contributed by atoms with Crippen molar-refractivity contribution >= 4 is 35.4 Å². The van der Waals surface area contributed by atoms with Crippen molar-refractivity contribution in [3.63, 3.8) is 0 Å². The standard InChI is InChI=1S/C27H48N9O12/c1-16(37)34(46)10-4-7-19-25(43)30-14-23(41)28-13-22(40)29-15-24(42)31-20(8-5-11-35(47)17(2)38)26(44)33-21(27(45)32-19)9-6-12-36(48)18(3)39/h16-21,37-39H,4-15H2,1-3H3,(H,28,41)(H,29,40)(H,30,43)(H,31,42)(H,32,45)(H,33,44)/q-3. The maximum atomic E-state index is 13.5. The van der Waals surface area contributed by atoms with E-state index < -0.39 is 91.9 Å². The van der Waals surface area contributed by atoms with E-state index in [0.717, 1.165) is 0 Å². The highest BCUT2D eigenvalue weighted by Crippen LogP contribution is 2.09. The Kier molecular flexibility index (Phi) is 19.6. The Balaban J connectivity index is 3.34. The van der Waals surface area contributed by atoms with Gasteiger partial charge in [0.1, 0.15) is 18.1 Å². The maximum absolute atomic E-state index is 13.5. The predicted octanol–water partition coefficient (Wildman–Crippen LogP) is -4.44. The molecule has 1 aliphatic rings. The molecule has 0 aromatic rings. The number of rotatable bonds is 15. The normalized spacial score (nSPS) is 22.9. The molecule has 0 spiro atoms. The minimum Gasteiger partial charge on any atom is -0.783 e. The van der Waals surface area contributed by atoms with E-state index in [1.165, 1.54) is 20.8 Å². The molecule has 21 heteroatoms. The van der Waals surface area contributed by atoms with Crippen molar-refractivity contribution in [2.45, 2.75) is 96.1 Å². The number of hydrogen-bond acceptors (Lipinski definition) is 15. The Morgan fingerprint density at radius 3 is 1.23 bits per heavy atom. The average molecular weight is 691 g/mol. The molecule has 6 unspecified atom stereocenters. The van der Waals surface area contributed by atoms with Crippen LogP contribution in [0.15, 0.2) is 0 Å². The van der Waals surface area contributed by atoms with Gasteiger partial charge in [0, 0.05) is 0 Å². The summed E-state index contributed by atoms with van der Waals surface area (Å²) >= 11 is 0. The topological polar surface area (TPSA) is 314 Å². The smallest absolute Gasteiger partial charge is 0.243 e. The molecular formula is C27H48N9O12-3. The van der Waals surface area contributed by atoms with E-state index in [1.807, 2.05) is 0 Å². The lowest BCUT2D eigenvalue weighted by Crippen LogP contribution is -2.58.